The Balaban J connectivity index is 1.95. The Hall–Kier alpha value is -2.33. The van der Waals surface area contributed by atoms with E-state index in [4.69, 9.17) is 14.2 Å². The molecule has 0 N–H and O–H groups in total. The van der Waals surface area contributed by atoms with Crippen LogP contribution in [0.25, 0.3) is 10.8 Å². The van der Waals surface area contributed by atoms with Crippen LogP contribution in [0.5, 0.6) is 11.5 Å². The van der Waals surface area contributed by atoms with E-state index in [0.717, 1.165) is 29.2 Å². The molecule has 0 radical (unpaired) electrons. The van der Waals surface area contributed by atoms with Gasteiger partial charge in [0.05, 0.1) is 6.61 Å². The molecule has 0 bridgehead atoms. The van der Waals surface area contributed by atoms with Gasteiger partial charge >= 0.3 is 5.97 Å². The van der Waals surface area contributed by atoms with Gasteiger partial charge < -0.3 is 14.2 Å². The molecule has 2 aromatic rings. The molecule has 0 aliphatic carbocycles. The highest BCUT2D eigenvalue weighted by Crippen LogP contribution is 2.33. The van der Waals surface area contributed by atoms with Crippen LogP contribution in [0.2, 0.25) is 0 Å². The van der Waals surface area contributed by atoms with E-state index in [9.17, 15) is 4.79 Å². The lowest BCUT2D eigenvalue weighted by molar-refractivity contribution is -0.128. The number of hydrogen-bond acceptors (Lipinski definition) is 4. The minimum absolute atomic E-state index is 0.201. The van der Waals surface area contributed by atoms with Crippen molar-refractivity contribution in [1.82, 2.24) is 0 Å². The summed E-state index contributed by atoms with van der Waals surface area (Å²) >= 11 is 0. The summed E-state index contributed by atoms with van der Waals surface area (Å²) in [4.78, 5) is 11.3. The number of esters is 1. The molecule has 1 aliphatic heterocycles. The Morgan fingerprint density at radius 3 is 2.55 bits per heavy atom. The maximum absolute atomic E-state index is 11.3. The van der Waals surface area contributed by atoms with E-state index in [1.54, 1.807) is 12.1 Å². The molecule has 4 nitrogen and oxygen atoms in total. The van der Waals surface area contributed by atoms with Gasteiger partial charge in [-0.05, 0) is 12.1 Å². The molecule has 1 unspecified atom stereocenters. The Morgan fingerprint density at radius 2 is 1.90 bits per heavy atom. The molecule has 1 fully saturated rings. The molecule has 0 amide bonds. The van der Waals surface area contributed by atoms with Crippen molar-refractivity contribution >= 4 is 16.7 Å². The Morgan fingerprint density at radius 1 is 1.25 bits per heavy atom. The molecular formula is C16H14O4. The lowest BCUT2D eigenvalue weighted by Gasteiger charge is -2.11. The lowest BCUT2D eigenvalue weighted by atomic mass is 10.1. The van der Waals surface area contributed by atoms with E-state index in [-0.39, 0.29) is 6.10 Å². The van der Waals surface area contributed by atoms with Crippen LogP contribution in [0.4, 0.5) is 0 Å². The zero-order valence-electron chi connectivity index (χ0n) is 10.9. The van der Waals surface area contributed by atoms with Gasteiger partial charge in [0.1, 0.15) is 24.2 Å². The number of carbonyl (C=O) groups excluding carboxylic acids is 1. The van der Waals surface area contributed by atoms with Crippen LogP contribution in [-0.4, -0.2) is 25.3 Å². The van der Waals surface area contributed by atoms with Crippen molar-refractivity contribution in [2.24, 2.45) is 0 Å². The van der Waals surface area contributed by atoms with Crippen LogP contribution in [0, 0.1) is 0 Å². The first kappa shape index (κ1) is 12.7. The molecular weight excluding hydrogens is 256 g/mol. The Kier molecular flexibility index (Phi) is 3.39. The number of hydrogen-bond donors (Lipinski definition) is 0. The fourth-order valence-electron chi connectivity index (χ4n) is 1.96. The molecule has 0 saturated carbocycles. The van der Waals surface area contributed by atoms with E-state index < -0.39 is 5.97 Å². The summed E-state index contributed by atoms with van der Waals surface area (Å²) < 4.78 is 16.1. The van der Waals surface area contributed by atoms with E-state index >= 15 is 0 Å². The monoisotopic (exact) mass is 270 g/mol. The van der Waals surface area contributed by atoms with Gasteiger partial charge in [0.25, 0.3) is 0 Å². The van der Waals surface area contributed by atoms with Gasteiger partial charge in [-0.2, -0.15) is 0 Å². The van der Waals surface area contributed by atoms with Crippen molar-refractivity contribution in [3.05, 3.63) is 49.1 Å². The quantitative estimate of drug-likeness (QED) is 0.363. The number of ether oxygens (including phenoxy) is 3. The smallest absolute Gasteiger partial charge is 0.335 e. The number of epoxide rings is 1. The van der Waals surface area contributed by atoms with Crippen LogP contribution in [0.15, 0.2) is 49.1 Å². The molecule has 1 heterocycles. The van der Waals surface area contributed by atoms with Crippen LogP contribution in [-0.2, 0) is 9.53 Å². The molecule has 1 atom stereocenters. The fraction of sp³-hybridized carbons (Fsp3) is 0.188. The van der Waals surface area contributed by atoms with Crippen molar-refractivity contribution in [3.8, 4) is 11.5 Å². The standard InChI is InChI=1S/C16H14O4/c1-2-16(17)20-15-8-7-14(19-10-11-9-18-11)12-5-3-4-6-13(12)15/h2-8,11H,1,9-10H2. The van der Waals surface area contributed by atoms with Crippen LogP contribution >= 0.6 is 0 Å². The third kappa shape index (κ3) is 2.65. The summed E-state index contributed by atoms with van der Waals surface area (Å²) in [7, 11) is 0. The maximum Gasteiger partial charge on any atom is 0.335 e. The molecule has 1 saturated heterocycles. The predicted octanol–water partition coefficient (Wildman–Crippen LogP) is 2.71. The lowest BCUT2D eigenvalue weighted by Crippen LogP contribution is -2.06. The molecule has 20 heavy (non-hydrogen) atoms. The first-order valence-electron chi connectivity index (χ1n) is 6.38. The molecule has 102 valence electrons. The van der Waals surface area contributed by atoms with Gasteiger partial charge in [0.15, 0.2) is 0 Å². The van der Waals surface area contributed by atoms with E-state index in [2.05, 4.69) is 6.58 Å². The number of carbonyl (C=O) groups is 1. The fourth-order valence-corrected chi connectivity index (χ4v) is 1.96. The van der Waals surface area contributed by atoms with Gasteiger partial charge in [0, 0.05) is 16.8 Å². The average molecular weight is 270 g/mol. The first-order chi connectivity index (χ1) is 9.78. The summed E-state index contributed by atoms with van der Waals surface area (Å²) in [6.07, 6.45) is 1.34. The third-order valence-corrected chi connectivity index (χ3v) is 3.05. The average Bonchev–Trinajstić information content (AvgIpc) is 3.30. The third-order valence-electron chi connectivity index (χ3n) is 3.05. The second kappa shape index (κ2) is 5.35. The molecule has 1 aliphatic rings. The molecule has 3 rings (SSSR count). The summed E-state index contributed by atoms with van der Waals surface area (Å²) in [5, 5.41) is 1.74. The summed E-state index contributed by atoms with van der Waals surface area (Å²) in [5.74, 6) is 0.783. The number of fused-ring (bicyclic) bond motifs is 1. The van der Waals surface area contributed by atoms with Gasteiger partial charge in [-0.15, -0.1) is 0 Å². The van der Waals surface area contributed by atoms with Crippen molar-refractivity contribution in [2.45, 2.75) is 6.10 Å². The van der Waals surface area contributed by atoms with Crippen molar-refractivity contribution < 1.29 is 19.0 Å². The van der Waals surface area contributed by atoms with Crippen molar-refractivity contribution in [1.29, 1.82) is 0 Å². The molecule has 2 aromatic carbocycles. The number of rotatable bonds is 5. The summed E-state index contributed by atoms with van der Waals surface area (Å²) in [6, 6.07) is 11.2. The number of benzene rings is 2. The minimum Gasteiger partial charge on any atom is -0.490 e. The molecule has 0 aromatic heterocycles. The SMILES string of the molecule is C=CC(=O)Oc1ccc(OCC2CO2)c2ccccc12. The van der Waals surface area contributed by atoms with Crippen LogP contribution in [0.3, 0.4) is 0 Å². The minimum atomic E-state index is -0.477. The summed E-state index contributed by atoms with van der Waals surface area (Å²) in [5.41, 5.74) is 0. The Labute approximate surface area is 116 Å². The topological polar surface area (TPSA) is 48.1 Å². The van der Waals surface area contributed by atoms with Gasteiger partial charge in [-0.25, -0.2) is 4.79 Å². The van der Waals surface area contributed by atoms with Crippen LogP contribution < -0.4 is 9.47 Å². The van der Waals surface area contributed by atoms with Gasteiger partial charge in [-0.1, -0.05) is 30.8 Å². The zero-order valence-corrected chi connectivity index (χ0v) is 10.9. The second-order valence-corrected chi connectivity index (χ2v) is 4.50. The van der Waals surface area contributed by atoms with Gasteiger partial charge in [0.2, 0.25) is 0 Å². The van der Waals surface area contributed by atoms with Crippen molar-refractivity contribution in [3.63, 3.8) is 0 Å². The highest BCUT2D eigenvalue weighted by molar-refractivity contribution is 5.95. The zero-order chi connectivity index (χ0) is 13.9. The Bertz CT molecular complexity index is 659. The van der Waals surface area contributed by atoms with Crippen molar-refractivity contribution in [2.75, 3.05) is 13.2 Å². The maximum atomic E-state index is 11.3. The highest BCUT2D eigenvalue weighted by atomic mass is 16.6. The summed E-state index contributed by atoms with van der Waals surface area (Å²) in [6.45, 7) is 4.69. The molecule has 4 heteroatoms. The molecule has 0 spiro atoms. The predicted molar refractivity (Wildman–Crippen MR) is 75.0 cm³/mol. The van der Waals surface area contributed by atoms with E-state index in [1.165, 1.54) is 0 Å². The first-order valence-corrected chi connectivity index (χ1v) is 6.38. The van der Waals surface area contributed by atoms with E-state index in [0.29, 0.717) is 12.4 Å². The highest BCUT2D eigenvalue weighted by Gasteiger charge is 2.23. The normalized spacial score (nSPS) is 16.7. The second-order valence-electron chi connectivity index (χ2n) is 4.50. The largest absolute Gasteiger partial charge is 0.490 e. The van der Waals surface area contributed by atoms with Crippen LogP contribution in [0.1, 0.15) is 0 Å². The van der Waals surface area contributed by atoms with E-state index in [1.807, 2.05) is 24.3 Å². The van der Waals surface area contributed by atoms with Gasteiger partial charge in [-0.3, -0.25) is 0 Å².